The number of likely N-dealkylation sites (tertiary alicyclic amines) is 1. The molecule has 1 saturated heterocycles. The molecule has 1 atom stereocenters. The number of rotatable bonds is 4. The maximum atomic E-state index is 10.9. The Morgan fingerprint density at radius 1 is 1.39 bits per heavy atom. The number of hydrogen-bond acceptors (Lipinski definition) is 4. The Morgan fingerprint density at radius 2 is 2.17 bits per heavy atom. The Bertz CT molecular complexity index is 453. The number of aliphatic carboxylic acids is 1. The highest BCUT2D eigenvalue weighted by atomic mass is 16.4. The molecule has 0 spiro atoms. The summed E-state index contributed by atoms with van der Waals surface area (Å²) in [6, 6.07) is 3.03. The van der Waals surface area contributed by atoms with Crippen LogP contribution in [0.3, 0.4) is 0 Å². The van der Waals surface area contributed by atoms with E-state index in [1.54, 1.807) is 6.07 Å². The number of carbonyl (C=O) groups is 2. The van der Waals surface area contributed by atoms with Crippen molar-refractivity contribution in [3.8, 4) is 0 Å². The normalized spacial score (nSPS) is 20.8. The van der Waals surface area contributed by atoms with E-state index < -0.39 is 11.9 Å². The first-order chi connectivity index (χ1) is 8.56. The summed E-state index contributed by atoms with van der Waals surface area (Å²) in [4.78, 5) is 23.6. The van der Waals surface area contributed by atoms with Crippen molar-refractivity contribution in [2.24, 2.45) is 5.92 Å². The Hall–Kier alpha value is -1.82. The topological polar surface area (TPSA) is 91.0 Å². The van der Waals surface area contributed by atoms with Crippen LogP contribution in [-0.2, 0) is 11.3 Å². The molecule has 2 rings (SSSR count). The highest BCUT2D eigenvalue weighted by Gasteiger charge is 2.25. The van der Waals surface area contributed by atoms with Crippen LogP contribution in [0.5, 0.6) is 0 Å². The van der Waals surface area contributed by atoms with Gasteiger partial charge in [-0.25, -0.2) is 4.79 Å². The predicted octanol–water partition coefficient (Wildman–Crippen LogP) is 1.27. The Labute approximate surface area is 104 Å². The minimum atomic E-state index is -1.09. The first-order valence-corrected chi connectivity index (χ1v) is 5.83. The summed E-state index contributed by atoms with van der Waals surface area (Å²) in [6.45, 7) is 1.75. The van der Waals surface area contributed by atoms with Crippen molar-refractivity contribution in [3.63, 3.8) is 0 Å². The van der Waals surface area contributed by atoms with Gasteiger partial charge >= 0.3 is 11.9 Å². The molecule has 2 heterocycles. The second-order valence-electron chi connectivity index (χ2n) is 4.48. The second kappa shape index (κ2) is 5.22. The summed E-state index contributed by atoms with van der Waals surface area (Å²) in [7, 11) is 0. The number of hydrogen-bond donors (Lipinski definition) is 2. The number of piperidine rings is 1. The van der Waals surface area contributed by atoms with E-state index in [-0.39, 0.29) is 11.7 Å². The van der Waals surface area contributed by atoms with Crippen LogP contribution in [0, 0.1) is 5.92 Å². The molecule has 0 saturated carbocycles. The average Bonchev–Trinajstić information content (AvgIpc) is 2.78. The van der Waals surface area contributed by atoms with Crippen molar-refractivity contribution in [2.45, 2.75) is 19.4 Å². The predicted molar refractivity (Wildman–Crippen MR) is 61.3 cm³/mol. The molecule has 1 fully saturated rings. The lowest BCUT2D eigenvalue weighted by Gasteiger charge is -2.29. The molecule has 0 bridgehead atoms. The van der Waals surface area contributed by atoms with E-state index in [0.717, 1.165) is 13.0 Å². The van der Waals surface area contributed by atoms with E-state index in [0.29, 0.717) is 25.3 Å². The first kappa shape index (κ1) is 12.6. The number of aromatic carboxylic acids is 1. The van der Waals surface area contributed by atoms with E-state index in [2.05, 4.69) is 0 Å². The van der Waals surface area contributed by atoms with Gasteiger partial charge in [-0.15, -0.1) is 0 Å². The SMILES string of the molecule is O=C(O)c1ccc(CN2CCCC(C(=O)O)C2)o1. The number of nitrogens with zero attached hydrogens (tertiary/aromatic N) is 1. The molecule has 6 nitrogen and oxygen atoms in total. The van der Waals surface area contributed by atoms with Crippen molar-refractivity contribution in [1.82, 2.24) is 4.90 Å². The molecule has 1 aromatic heterocycles. The van der Waals surface area contributed by atoms with Crippen LogP contribution in [0.1, 0.15) is 29.2 Å². The van der Waals surface area contributed by atoms with E-state index in [4.69, 9.17) is 14.6 Å². The smallest absolute Gasteiger partial charge is 0.371 e. The summed E-state index contributed by atoms with van der Waals surface area (Å²) in [5.74, 6) is -1.74. The third kappa shape index (κ3) is 2.89. The molecule has 2 N–H and O–H groups in total. The van der Waals surface area contributed by atoms with Crippen molar-refractivity contribution < 1.29 is 24.2 Å². The number of carboxylic acids is 2. The second-order valence-corrected chi connectivity index (χ2v) is 4.48. The van der Waals surface area contributed by atoms with Crippen molar-refractivity contribution >= 4 is 11.9 Å². The van der Waals surface area contributed by atoms with Crippen LogP contribution in [0.4, 0.5) is 0 Å². The van der Waals surface area contributed by atoms with Crippen molar-refractivity contribution in [3.05, 3.63) is 23.7 Å². The van der Waals surface area contributed by atoms with Crippen LogP contribution in [0.25, 0.3) is 0 Å². The fraction of sp³-hybridized carbons (Fsp3) is 0.500. The van der Waals surface area contributed by atoms with Gasteiger partial charge in [-0.3, -0.25) is 9.69 Å². The summed E-state index contributed by atoms with van der Waals surface area (Å²) >= 11 is 0. The molecule has 98 valence electrons. The fourth-order valence-corrected chi connectivity index (χ4v) is 2.20. The third-order valence-corrected chi connectivity index (χ3v) is 3.11. The molecule has 18 heavy (non-hydrogen) atoms. The van der Waals surface area contributed by atoms with E-state index in [1.165, 1.54) is 6.07 Å². The molecular formula is C12H15NO5. The molecule has 1 aliphatic heterocycles. The zero-order chi connectivity index (χ0) is 13.1. The van der Waals surface area contributed by atoms with Gasteiger partial charge in [0.15, 0.2) is 0 Å². The van der Waals surface area contributed by atoms with Crippen molar-refractivity contribution in [2.75, 3.05) is 13.1 Å². The van der Waals surface area contributed by atoms with Gasteiger partial charge < -0.3 is 14.6 Å². The molecule has 0 radical (unpaired) electrons. The average molecular weight is 253 g/mol. The molecule has 0 aromatic carbocycles. The van der Waals surface area contributed by atoms with E-state index >= 15 is 0 Å². The van der Waals surface area contributed by atoms with Crippen LogP contribution in [-0.4, -0.2) is 40.1 Å². The van der Waals surface area contributed by atoms with Gasteiger partial charge in [0.2, 0.25) is 5.76 Å². The standard InChI is InChI=1S/C12H15NO5/c14-11(15)8-2-1-5-13(6-8)7-9-3-4-10(18-9)12(16)17/h3-4,8H,1-2,5-7H2,(H,14,15)(H,16,17). The first-order valence-electron chi connectivity index (χ1n) is 5.83. The van der Waals surface area contributed by atoms with Gasteiger partial charge in [0.1, 0.15) is 5.76 Å². The van der Waals surface area contributed by atoms with E-state index in [9.17, 15) is 9.59 Å². The molecule has 1 aliphatic rings. The molecule has 0 aliphatic carbocycles. The van der Waals surface area contributed by atoms with Crippen LogP contribution < -0.4 is 0 Å². The maximum Gasteiger partial charge on any atom is 0.371 e. The number of carboxylic acid groups (broad SMARTS) is 2. The summed E-state index contributed by atoms with van der Waals surface area (Å²) in [6.07, 6.45) is 1.54. The van der Waals surface area contributed by atoms with Crippen LogP contribution in [0.15, 0.2) is 16.5 Å². The Kier molecular flexibility index (Phi) is 3.66. The lowest BCUT2D eigenvalue weighted by Crippen LogP contribution is -2.38. The lowest BCUT2D eigenvalue weighted by molar-refractivity contribution is -0.143. The van der Waals surface area contributed by atoms with Gasteiger partial charge in [0, 0.05) is 6.54 Å². The monoisotopic (exact) mass is 253 g/mol. The third-order valence-electron chi connectivity index (χ3n) is 3.11. The van der Waals surface area contributed by atoms with Crippen LogP contribution >= 0.6 is 0 Å². The zero-order valence-electron chi connectivity index (χ0n) is 9.83. The highest BCUT2D eigenvalue weighted by Crippen LogP contribution is 2.19. The van der Waals surface area contributed by atoms with Gasteiger partial charge in [-0.05, 0) is 31.5 Å². The van der Waals surface area contributed by atoms with Crippen LogP contribution in [0.2, 0.25) is 0 Å². The minimum absolute atomic E-state index is 0.0863. The maximum absolute atomic E-state index is 10.9. The van der Waals surface area contributed by atoms with Gasteiger partial charge in [0.25, 0.3) is 0 Å². The summed E-state index contributed by atoms with van der Waals surface area (Å²) in [5.41, 5.74) is 0. The van der Waals surface area contributed by atoms with Crippen molar-refractivity contribution in [1.29, 1.82) is 0 Å². The van der Waals surface area contributed by atoms with Gasteiger partial charge in [0.05, 0.1) is 12.5 Å². The van der Waals surface area contributed by atoms with E-state index in [1.807, 2.05) is 4.90 Å². The molecule has 6 heteroatoms. The number of furan rings is 1. The van der Waals surface area contributed by atoms with Gasteiger partial charge in [-0.2, -0.15) is 0 Å². The molecule has 1 unspecified atom stereocenters. The minimum Gasteiger partial charge on any atom is -0.481 e. The molecule has 1 aromatic rings. The molecule has 0 amide bonds. The van der Waals surface area contributed by atoms with Gasteiger partial charge in [-0.1, -0.05) is 0 Å². The Balaban J connectivity index is 1.96. The quantitative estimate of drug-likeness (QED) is 0.839. The lowest BCUT2D eigenvalue weighted by atomic mass is 9.98. The zero-order valence-corrected chi connectivity index (χ0v) is 9.83. The molecular weight excluding hydrogens is 238 g/mol. The summed E-state index contributed by atoms with van der Waals surface area (Å²) in [5, 5.41) is 17.7. The fourth-order valence-electron chi connectivity index (χ4n) is 2.20. The summed E-state index contributed by atoms with van der Waals surface area (Å²) < 4.78 is 5.15. The highest BCUT2D eigenvalue weighted by molar-refractivity contribution is 5.84. The Morgan fingerprint density at radius 3 is 2.78 bits per heavy atom. The largest absolute Gasteiger partial charge is 0.481 e.